The van der Waals surface area contributed by atoms with Crippen LogP contribution < -0.4 is 0 Å². The van der Waals surface area contributed by atoms with E-state index in [1.807, 2.05) is 31.2 Å². The third-order valence-electron chi connectivity index (χ3n) is 4.94. The fourth-order valence-electron chi connectivity index (χ4n) is 3.36. The normalized spacial score (nSPS) is 22.0. The van der Waals surface area contributed by atoms with Crippen LogP contribution in [0.15, 0.2) is 28.7 Å². The highest BCUT2D eigenvalue weighted by molar-refractivity contribution is 5.52. The van der Waals surface area contributed by atoms with E-state index in [2.05, 4.69) is 40.8 Å². The number of rotatable bonds is 5. The van der Waals surface area contributed by atoms with Gasteiger partial charge >= 0.3 is 0 Å². The zero-order valence-electron chi connectivity index (χ0n) is 15.5. The Hall–Kier alpha value is -1.76. The zero-order chi connectivity index (χ0) is 18.0. The molecule has 1 aromatic heterocycles. The molecule has 0 aliphatic carbocycles. The Morgan fingerprint density at radius 1 is 1.20 bits per heavy atom. The lowest BCUT2D eigenvalue weighted by Crippen LogP contribution is -2.53. The van der Waals surface area contributed by atoms with Crippen molar-refractivity contribution in [3.05, 3.63) is 35.7 Å². The summed E-state index contributed by atoms with van der Waals surface area (Å²) in [5, 5.41) is 18.1. The second-order valence-corrected chi connectivity index (χ2v) is 7.18. The van der Waals surface area contributed by atoms with Gasteiger partial charge in [0.25, 0.3) is 0 Å². The Morgan fingerprint density at radius 3 is 2.56 bits per heavy atom. The van der Waals surface area contributed by atoms with E-state index in [4.69, 9.17) is 4.42 Å². The van der Waals surface area contributed by atoms with Gasteiger partial charge in [0.2, 0.25) is 11.8 Å². The molecular formula is C19H28N4O2. The predicted octanol–water partition coefficient (Wildman–Crippen LogP) is 2.49. The van der Waals surface area contributed by atoms with Crippen molar-refractivity contribution in [2.75, 3.05) is 26.2 Å². The summed E-state index contributed by atoms with van der Waals surface area (Å²) in [6, 6.07) is 8.59. The Morgan fingerprint density at radius 2 is 1.92 bits per heavy atom. The molecule has 1 aliphatic heterocycles. The van der Waals surface area contributed by atoms with E-state index in [-0.39, 0.29) is 12.1 Å². The van der Waals surface area contributed by atoms with Crippen LogP contribution in [0.4, 0.5) is 0 Å². The second-order valence-electron chi connectivity index (χ2n) is 7.18. The lowest BCUT2D eigenvalue weighted by molar-refractivity contribution is 0.0257. The van der Waals surface area contributed by atoms with Gasteiger partial charge in [-0.3, -0.25) is 9.80 Å². The molecule has 0 amide bonds. The van der Waals surface area contributed by atoms with Crippen LogP contribution in [0.5, 0.6) is 0 Å². The van der Waals surface area contributed by atoms with Crippen LogP contribution in [0.1, 0.15) is 38.3 Å². The van der Waals surface area contributed by atoms with E-state index in [0.717, 1.165) is 31.7 Å². The summed E-state index contributed by atoms with van der Waals surface area (Å²) in [6.07, 6.45) is -0.292. The molecule has 2 aromatic rings. The molecular weight excluding hydrogens is 316 g/mol. The van der Waals surface area contributed by atoms with Gasteiger partial charge in [-0.1, -0.05) is 17.7 Å². The van der Waals surface area contributed by atoms with Gasteiger partial charge in [-0.05, 0) is 39.8 Å². The van der Waals surface area contributed by atoms with Gasteiger partial charge in [0.05, 0.1) is 12.1 Å². The molecule has 6 heteroatoms. The van der Waals surface area contributed by atoms with Gasteiger partial charge in [0.1, 0.15) is 0 Å². The van der Waals surface area contributed by atoms with E-state index in [1.54, 1.807) is 0 Å². The topological polar surface area (TPSA) is 65.6 Å². The third kappa shape index (κ3) is 4.26. The highest BCUT2D eigenvalue weighted by Gasteiger charge is 2.30. The summed E-state index contributed by atoms with van der Waals surface area (Å²) in [5.74, 6) is 1.23. The minimum atomic E-state index is -0.292. The SMILES string of the molecule is Cc1ccc(-c2nnc([C@H](C)N3CCN(C[C@@H](C)O)[C@@H](C)C3)o2)cc1. The minimum absolute atomic E-state index is 0.0860. The van der Waals surface area contributed by atoms with E-state index in [1.165, 1.54) is 5.56 Å². The molecule has 6 nitrogen and oxygen atoms in total. The Kier molecular flexibility index (Phi) is 5.51. The Bertz CT molecular complexity index is 683. The molecule has 2 heterocycles. The first-order valence-electron chi connectivity index (χ1n) is 9.00. The zero-order valence-corrected chi connectivity index (χ0v) is 15.5. The third-order valence-corrected chi connectivity index (χ3v) is 4.94. The molecule has 0 spiro atoms. The van der Waals surface area contributed by atoms with Gasteiger partial charge in [0.15, 0.2) is 0 Å². The van der Waals surface area contributed by atoms with Crippen molar-refractivity contribution in [2.45, 2.75) is 45.9 Å². The lowest BCUT2D eigenvalue weighted by atomic mass is 10.1. The summed E-state index contributed by atoms with van der Waals surface area (Å²) in [5.41, 5.74) is 2.16. The van der Waals surface area contributed by atoms with E-state index in [0.29, 0.717) is 17.8 Å². The molecule has 25 heavy (non-hydrogen) atoms. The molecule has 0 bridgehead atoms. The maximum atomic E-state index is 9.62. The summed E-state index contributed by atoms with van der Waals surface area (Å²) < 4.78 is 5.93. The van der Waals surface area contributed by atoms with Crippen LogP contribution >= 0.6 is 0 Å². The number of aliphatic hydroxyl groups excluding tert-OH is 1. The van der Waals surface area contributed by atoms with Crippen molar-refractivity contribution in [1.29, 1.82) is 0 Å². The quantitative estimate of drug-likeness (QED) is 0.899. The molecule has 0 radical (unpaired) electrons. The molecule has 3 atom stereocenters. The number of hydrogen-bond donors (Lipinski definition) is 1. The molecule has 0 unspecified atom stereocenters. The minimum Gasteiger partial charge on any atom is -0.419 e. The van der Waals surface area contributed by atoms with Gasteiger partial charge in [-0.2, -0.15) is 0 Å². The highest BCUT2D eigenvalue weighted by Crippen LogP contribution is 2.26. The highest BCUT2D eigenvalue weighted by atomic mass is 16.4. The molecule has 1 N–H and O–H groups in total. The smallest absolute Gasteiger partial charge is 0.247 e. The van der Waals surface area contributed by atoms with Crippen LogP contribution in [-0.2, 0) is 0 Å². The number of hydrogen-bond acceptors (Lipinski definition) is 6. The van der Waals surface area contributed by atoms with Crippen LogP contribution in [-0.4, -0.2) is 63.4 Å². The molecule has 1 aliphatic rings. The molecule has 3 rings (SSSR count). The Balaban J connectivity index is 1.66. The number of piperazine rings is 1. The van der Waals surface area contributed by atoms with Gasteiger partial charge in [0, 0.05) is 37.8 Å². The Labute approximate surface area is 149 Å². The second kappa shape index (κ2) is 7.64. The van der Waals surface area contributed by atoms with Crippen molar-refractivity contribution in [1.82, 2.24) is 20.0 Å². The van der Waals surface area contributed by atoms with E-state index in [9.17, 15) is 5.11 Å². The summed E-state index contributed by atoms with van der Waals surface area (Å²) in [4.78, 5) is 4.70. The standard InChI is InChI=1S/C19H28N4O2/c1-13-5-7-17(8-6-13)19-21-20-18(25-19)16(4)23-10-9-22(12-15(3)24)14(2)11-23/h5-8,14-16,24H,9-12H2,1-4H3/t14-,15+,16-/m0/s1. The first-order chi connectivity index (χ1) is 11.9. The van der Waals surface area contributed by atoms with Crippen molar-refractivity contribution < 1.29 is 9.52 Å². The maximum Gasteiger partial charge on any atom is 0.247 e. The van der Waals surface area contributed by atoms with Gasteiger partial charge < -0.3 is 9.52 Å². The molecule has 1 aromatic carbocycles. The van der Waals surface area contributed by atoms with Crippen molar-refractivity contribution in [3.8, 4) is 11.5 Å². The number of nitrogens with zero attached hydrogens (tertiary/aromatic N) is 4. The molecule has 1 fully saturated rings. The fraction of sp³-hybridized carbons (Fsp3) is 0.579. The molecule has 136 valence electrons. The predicted molar refractivity (Wildman–Crippen MR) is 97.2 cm³/mol. The van der Waals surface area contributed by atoms with Crippen LogP contribution in [0.25, 0.3) is 11.5 Å². The van der Waals surface area contributed by atoms with Gasteiger partial charge in [-0.25, -0.2) is 0 Å². The number of β-amino-alcohol motifs (C(OH)–C–C–N with tert-alkyl or cyclic N) is 1. The van der Waals surface area contributed by atoms with Crippen LogP contribution in [0, 0.1) is 6.92 Å². The number of aromatic nitrogens is 2. The van der Waals surface area contributed by atoms with Crippen molar-refractivity contribution in [2.24, 2.45) is 0 Å². The largest absolute Gasteiger partial charge is 0.419 e. The maximum absolute atomic E-state index is 9.62. The fourth-order valence-corrected chi connectivity index (χ4v) is 3.36. The summed E-state index contributed by atoms with van der Waals surface area (Å²) >= 11 is 0. The summed E-state index contributed by atoms with van der Waals surface area (Å²) in [6.45, 7) is 11.7. The number of aryl methyl sites for hydroxylation is 1. The van der Waals surface area contributed by atoms with Crippen LogP contribution in [0.3, 0.4) is 0 Å². The lowest BCUT2D eigenvalue weighted by Gasteiger charge is -2.42. The summed E-state index contributed by atoms with van der Waals surface area (Å²) in [7, 11) is 0. The van der Waals surface area contributed by atoms with E-state index >= 15 is 0 Å². The van der Waals surface area contributed by atoms with Crippen LogP contribution in [0.2, 0.25) is 0 Å². The molecule has 1 saturated heterocycles. The van der Waals surface area contributed by atoms with E-state index < -0.39 is 0 Å². The van der Waals surface area contributed by atoms with Crippen molar-refractivity contribution in [3.63, 3.8) is 0 Å². The number of benzene rings is 1. The monoisotopic (exact) mass is 344 g/mol. The van der Waals surface area contributed by atoms with Gasteiger partial charge in [-0.15, -0.1) is 10.2 Å². The first-order valence-corrected chi connectivity index (χ1v) is 9.00. The van der Waals surface area contributed by atoms with Crippen molar-refractivity contribution >= 4 is 0 Å². The molecule has 0 saturated carbocycles. The first kappa shape index (κ1) is 18.0. The average molecular weight is 344 g/mol. The number of aliphatic hydroxyl groups is 1. The average Bonchev–Trinajstić information content (AvgIpc) is 3.06.